The molecular formula is C20H23NO3. The highest BCUT2D eigenvalue weighted by molar-refractivity contribution is 5.77. The number of likely N-dealkylation sites (tertiary alicyclic amines) is 1. The molecule has 1 aromatic carbocycles. The molecule has 1 saturated heterocycles. The Morgan fingerprint density at radius 1 is 1.25 bits per heavy atom. The average molecular weight is 325 g/mol. The van der Waals surface area contributed by atoms with Crippen molar-refractivity contribution >= 4 is 11.5 Å². The SMILES string of the molecule is O=C(O)C[C@@H]1CCCN1CCC=C(c1ccccc1)c1ccco1. The van der Waals surface area contributed by atoms with Crippen LogP contribution in [0.4, 0.5) is 0 Å². The van der Waals surface area contributed by atoms with Gasteiger partial charge in [0, 0.05) is 18.2 Å². The zero-order chi connectivity index (χ0) is 16.8. The molecular weight excluding hydrogens is 302 g/mol. The molecule has 0 bridgehead atoms. The molecule has 0 radical (unpaired) electrons. The van der Waals surface area contributed by atoms with Gasteiger partial charge in [0.05, 0.1) is 12.7 Å². The van der Waals surface area contributed by atoms with Crippen molar-refractivity contribution in [2.24, 2.45) is 0 Å². The Labute approximate surface area is 142 Å². The monoisotopic (exact) mass is 325 g/mol. The molecule has 1 fully saturated rings. The van der Waals surface area contributed by atoms with Gasteiger partial charge in [-0.2, -0.15) is 0 Å². The van der Waals surface area contributed by atoms with Gasteiger partial charge in [0.1, 0.15) is 5.76 Å². The summed E-state index contributed by atoms with van der Waals surface area (Å²) in [6, 6.07) is 14.3. The Kier molecular flexibility index (Phi) is 5.49. The van der Waals surface area contributed by atoms with E-state index in [0.29, 0.717) is 0 Å². The summed E-state index contributed by atoms with van der Waals surface area (Å²) < 4.78 is 5.59. The van der Waals surface area contributed by atoms with Gasteiger partial charge in [0.25, 0.3) is 0 Å². The zero-order valence-corrected chi connectivity index (χ0v) is 13.7. The van der Waals surface area contributed by atoms with E-state index in [1.165, 1.54) is 0 Å². The van der Waals surface area contributed by atoms with E-state index in [0.717, 1.165) is 49.2 Å². The van der Waals surface area contributed by atoms with E-state index in [1.54, 1.807) is 6.26 Å². The number of benzene rings is 1. The zero-order valence-electron chi connectivity index (χ0n) is 13.7. The van der Waals surface area contributed by atoms with Crippen LogP contribution in [0.3, 0.4) is 0 Å². The van der Waals surface area contributed by atoms with Gasteiger partial charge >= 0.3 is 5.97 Å². The maximum Gasteiger partial charge on any atom is 0.304 e. The Hall–Kier alpha value is -2.33. The molecule has 126 valence electrons. The van der Waals surface area contributed by atoms with Gasteiger partial charge < -0.3 is 9.52 Å². The Morgan fingerprint density at radius 3 is 2.79 bits per heavy atom. The van der Waals surface area contributed by atoms with E-state index in [2.05, 4.69) is 23.1 Å². The molecule has 4 heteroatoms. The number of carboxylic acids is 1. The largest absolute Gasteiger partial charge is 0.481 e. The molecule has 0 aliphatic carbocycles. The smallest absolute Gasteiger partial charge is 0.304 e. The van der Waals surface area contributed by atoms with E-state index < -0.39 is 5.97 Å². The summed E-state index contributed by atoms with van der Waals surface area (Å²) in [5.74, 6) is 0.160. The van der Waals surface area contributed by atoms with Crippen LogP contribution in [0.5, 0.6) is 0 Å². The quantitative estimate of drug-likeness (QED) is 0.835. The minimum Gasteiger partial charge on any atom is -0.481 e. The van der Waals surface area contributed by atoms with Crippen molar-refractivity contribution in [1.29, 1.82) is 0 Å². The van der Waals surface area contributed by atoms with E-state index in [1.807, 2.05) is 30.3 Å². The predicted molar refractivity (Wildman–Crippen MR) is 93.7 cm³/mol. The minimum atomic E-state index is -0.706. The Morgan fingerprint density at radius 2 is 2.08 bits per heavy atom. The van der Waals surface area contributed by atoms with Crippen molar-refractivity contribution in [3.63, 3.8) is 0 Å². The van der Waals surface area contributed by atoms with E-state index in [-0.39, 0.29) is 12.5 Å². The third kappa shape index (κ3) is 4.15. The first-order chi connectivity index (χ1) is 11.7. The van der Waals surface area contributed by atoms with Crippen LogP contribution in [0.1, 0.15) is 37.0 Å². The lowest BCUT2D eigenvalue weighted by Gasteiger charge is -2.22. The summed E-state index contributed by atoms with van der Waals surface area (Å²) in [4.78, 5) is 13.3. The first-order valence-corrected chi connectivity index (χ1v) is 8.49. The second kappa shape index (κ2) is 7.97. The summed E-state index contributed by atoms with van der Waals surface area (Å²) >= 11 is 0. The second-order valence-corrected chi connectivity index (χ2v) is 6.18. The highest BCUT2D eigenvalue weighted by atomic mass is 16.4. The van der Waals surface area contributed by atoms with Gasteiger partial charge in [-0.15, -0.1) is 0 Å². The van der Waals surface area contributed by atoms with Crippen molar-refractivity contribution in [3.8, 4) is 0 Å². The van der Waals surface area contributed by atoms with E-state index in [4.69, 9.17) is 9.52 Å². The molecule has 1 atom stereocenters. The van der Waals surface area contributed by atoms with Crippen molar-refractivity contribution in [2.45, 2.75) is 31.7 Å². The second-order valence-electron chi connectivity index (χ2n) is 6.18. The van der Waals surface area contributed by atoms with Gasteiger partial charge in [0.15, 0.2) is 0 Å². The van der Waals surface area contributed by atoms with Gasteiger partial charge in [0.2, 0.25) is 0 Å². The summed E-state index contributed by atoms with van der Waals surface area (Å²) in [5, 5.41) is 9.03. The third-order valence-electron chi connectivity index (χ3n) is 4.55. The lowest BCUT2D eigenvalue weighted by Crippen LogP contribution is -2.32. The molecule has 0 saturated carbocycles. The molecule has 1 aliphatic heterocycles. The normalized spacial score (nSPS) is 18.8. The van der Waals surface area contributed by atoms with Crippen molar-refractivity contribution in [2.75, 3.05) is 13.1 Å². The number of hydrogen-bond donors (Lipinski definition) is 1. The topological polar surface area (TPSA) is 53.7 Å². The van der Waals surface area contributed by atoms with Gasteiger partial charge in [-0.3, -0.25) is 9.69 Å². The van der Waals surface area contributed by atoms with Crippen LogP contribution in [0.15, 0.2) is 59.2 Å². The van der Waals surface area contributed by atoms with Gasteiger partial charge in [-0.05, 0) is 43.5 Å². The van der Waals surface area contributed by atoms with Crippen molar-refractivity contribution in [3.05, 3.63) is 66.1 Å². The van der Waals surface area contributed by atoms with Crippen LogP contribution >= 0.6 is 0 Å². The maximum atomic E-state index is 11.0. The molecule has 0 amide bonds. The van der Waals surface area contributed by atoms with Crippen LogP contribution in [-0.4, -0.2) is 35.1 Å². The van der Waals surface area contributed by atoms with Crippen LogP contribution in [0.2, 0.25) is 0 Å². The van der Waals surface area contributed by atoms with E-state index in [9.17, 15) is 4.79 Å². The fourth-order valence-electron chi connectivity index (χ4n) is 3.41. The lowest BCUT2D eigenvalue weighted by molar-refractivity contribution is -0.138. The Balaban J connectivity index is 1.69. The molecule has 2 heterocycles. The number of nitrogens with zero attached hydrogens (tertiary/aromatic N) is 1. The molecule has 1 aliphatic rings. The van der Waals surface area contributed by atoms with E-state index >= 15 is 0 Å². The van der Waals surface area contributed by atoms with Crippen LogP contribution in [0.25, 0.3) is 5.57 Å². The summed E-state index contributed by atoms with van der Waals surface area (Å²) in [6.07, 6.45) is 7.08. The van der Waals surface area contributed by atoms with Crippen LogP contribution < -0.4 is 0 Å². The number of carboxylic acid groups (broad SMARTS) is 1. The fraction of sp³-hybridized carbons (Fsp3) is 0.350. The third-order valence-corrected chi connectivity index (χ3v) is 4.55. The van der Waals surface area contributed by atoms with Crippen molar-refractivity contribution in [1.82, 2.24) is 4.90 Å². The van der Waals surface area contributed by atoms with Crippen molar-refractivity contribution < 1.29 is 14.3 Å². The fourth-order valence-corrected chi connectivity index (χ4v) is 3.41. The molecule has 2 aromatic rings. The summed E-state index contributed by atoms with van der Waals surface area (Å²) in [6.45, 7) is 1.88. The number of rotatable bonds is 7. The maximum absolute atomic E-state index is 11.0. The number of furan rings is 1. The lowest BCUT2D eigenvalue weighted by atomic mass is 10.0. The molecule has 1 N–H and O–H groups in total. The summed E-state index contributed by atoms with van der Waals surface area (Å²) in [5.41, 5.74) is 2.23. The van der Waals surface area contributed by atoms with Crippen LogP contribution in [-0.2, 0) is 4.79 Å². The minimum absolute atomic E-state index is 0.180. The number of aliphatic carboxylic acids is 1. The van der Waals surface area contributed by atoms with Crippen LogP contribution in [0, 0.1) is 0 Å². The average Bonchev–Trinajstić information content (AvgIpc) is 3.24. The number of carbonyl (C=O) groups is 1. The standard InChI is InChI=1S/C20H23NO3/c22-20(23)15-17-9-4-12-21(17)13-5-10-18(19-11-6-14-24-19)16-7-2-1-3-8-16/h1-3,6-8,10-11,14,17H,4-5,9,12-13,15H2,(H,22,23)/t17-/m0/s1. The first kappa shape index (κ1) is 16.5. The molecule has 4 nitrogen and oxygen atoms in total. The Bertz CT molecular complexity index is 676. The molecule has 24 heavy (non-hydrogen) atoms. The number of hydrogen-bond acceptors (Lipinski definition) is 3. The van der Waals surface area contributed by atoms with Gasteiger partial charge in [-0.25, -0.2) is 0 Å². The summed E-state index contributed by atoms with van der Waals surface area (Å²) in [7, 11) is 0. The predicted octanol–water partition coefficient (Wildman–Crippen LogP) is 4.04. The first-order valence-electron chi connectivity index (χ1n) is 8.49. The molecule has 0 spiro atoms. The highest BCUT2D eigenvalue weighted by Gasteiger charge is 2.25. The molecule has 0 unspecified atom stereocenters. The van der Waals surface area contributed by atoms with Gasteiger partial charge in [-0.1, -0.05) is 36.4 Å². The highest BCUT2D eigenvalue weighted by Crippen LogP contribution is 2.25. The molecule has 3 rings (SSSR count). The molecule has 1 aromatic heterocycles.